The minimum atomic E-state index is -1.49. The molecule has 0 bridgehead atoms. The van der Waals surface area contributed by atoms with E-state index in [0.29, 0.717) is 13.0 Å². The first-order valence-corrected chi connectivity index (χ1v) is 5.16. The summed E-state index contributed by atoms with van der Waals surface area (Å²) in [4.78, 5) is 0. The molecule has 0 aliphatic heterocycles. The first-order valence-electron chi connectivity index (χ1n) is 5.16. The molecule has 0 saturated carbocycles. The summed E-state index contributed by atoms with van der Waals surface area (Å²) in [6, 6.07) is 4.08. The van der Waals surface area contributed by atoms with Crippen LogP contribution in [0.1, 0.15) is 20.3 Å². The molecule has 0 unspecified atom stereocenters. The predicted molar refractivity (Wildman–Crippen MR) is 58.8 cm³/mol. The van der Waals surface area contributed by atoms with Gasteiger partial charge in [0.15, 0.2) is 17.5 Å². The van der Waals surface area contributed by atoms with Crippen LogP contribution in [0, 0.1) is 34.2 Å². The van der Waals surface area contributed by atoms with E-state index in [1.807, 2.05) is 0 Å². The van der Waals surface area contributed by atoms with Gasteiger partial charge in [0, 0.05) is 6.54 Å². The highest BCUT2D eigenvalue weighted by molar-refractivity contribution is 5.45. The van der Waals surface area contributed by atoms with Gasteiger partial charge in [-0.15, -0.1) is 0 Å². The monoisotopic (exact) mass is 242 g/mol. The van der Waals surface area contributed by atoms with Crippen LogP contribution in [0.15, 0.2) is 12.1 Å². The maximum atomic E-state index is 13.2. The number of anilines is 1. The Morgan fingerprint density at radius 1 is 1.24 bits per heavy atom. The Morgan fingerprint density at radius 3 is 2.47 bits per heavy atom. The van der Waals surface area contributed by atoms with E-state index in [1.54, 1.807) is 13.8 Å². The number of benzene rings is 1. The molecule has 5 heteroatoms. The summed E-state index contributed by atoms with van der Waals surface area (Å²) < 4.78 is 38.7. The fraction of sp³-hybridized carbons (Fsp3) is 0.417. The van der Waals surface area contributed by atoms with Crippen molar-refractivity contribution in [1.82, 2.24) is 0 Å². The molecule has 0 aliphatic carbocycles. The summed E-state index contributed by atoms with van der Waals surface area (Å²) in [6.07, 6.45) is 0.474. The van der Waals surface area contributed by atoms with Crippen molar-refractivity contribution in [3.8, 4) is 6.07 Å². The standard InChI is InChI=1S/C12H13F3N2/c1-12(2,7-16)5-6-17-9-4-3-8(13)10(14)11(9)15/h3-4,17H,5-6H2,1-2H3. The van der Waals surface area contributed by atoms with Crippen molar-refractivity contribution in [3.05, 3.63) is 29.6 Å². The summed E-state index contributed by atoms with van der Waals surface area (Å²) in [5.41, 5.74) is -0.639. The van der Waals surface area contributed by atoms with Gasteiger partial charge in [-0.05, 0) is 32.4 Å². The number of hydrogen-bond donors (Lipinski definition) is 1. The third kappa shape index (κ3) is 3.38. The van der Waals surface area contributed by atoms with E-state index in [-0.39, 0.29) is 5.69 Å². The van der Waals surface area contributed by atoms with Crippen molar-refractivity contribution in [2.24, 2.45) is 5.41 Å². The molecule has 0 aliphatic rings. The fourth-order valence-corrected chi connectivity index (χ4v) is 1.23. The van der Waals surface area contributed by atoms with E-state index >= 15 is 0 Å². The van der Waals surface area contributed by atoms with Crippen LogP contribution in [0.4, 0.5) is 18.9 Å². The lowest BCUT2D eigenvalue weighted by molar-refractivity contribution is 0.446. The van der Waals surface area contributed by atoms with Crippen molar-refractivity contribution in [3.63, 3.8) is 0 Å². The van der Waals surface area contributed by atoms with E-state index in [4.69, 9.17) is 5.26 Å². The van der Waals surface area contributed by atoms with Gasteiger partial charge < -0.3 is 5.32 Å². The van der Waals surface area contributed by atoms with Crippen LogP contribution >= 0.6 is 0 Å². The van der Waals surface area contributed by atoms with Gasteiger partial charge in [0.1, 0.15) is 0 Å². The SMILES string of the molecule is CC(C)(C#N)CCNc1ccc(F)c(F)c1F. The smallest absolute Gasteiger partial charge is 0.196 e. The van der Waals surface area contributed by atoms with E-state index < -0.39 is 22.9 Å². The molecular formula is C12H13F3N2. The number of hydrogen-bond acceptors (Lipinski definition) is 2. The van der Waals surface area contributed by atoms with E-state index in [2.05, 4.69) is 11.4 Å². The number of nitrogens with zero attached hydrogens (tertiary/aromatic N) is 1. The van der Waals surface area contributed by atoms with Crippen LogP contribution in [-0.2, 0) is 0 Å². The molecule has 1 aromatic carbocycles. The number of nitriles is 1. The van der Waals surface area contributed by atoms with E-state index in [1.165, 1.54) is 0 Å². The minimum absolute atomic E-state index is 0.0994. The van der Waals surface area contributed by atoms with Crippen LogP contribution < -0.4 is 5.32 Å². The predicted octanol–water partition coefficient (Wildman–Crippen LogP) is 3.46. The lowest BCUT2D eigenvalue weighted by Gasteiger charge is -2.16. The van der Waals surface area contributed by atoms with Crippen LogP contribution in [-0.4, -0.2) is 6.54 Å². The second kappa shape index (κ2) is 5.09. The Labute approximate surface area is 98.1 Å². The quantitative estimate of drug-likeness (QED) is 0.821. The molecule has 0 heterocycles. The first-order chi connectivity index (χ1) is 7.87. The summed E-state index contributed by atoms with van der Waals surface area (Å²) in [7, 11) is 0. The third-order valence-corrected chi connectivity index (χ3v) is 2.40. The second-order valence-electron chi connectivity index (χ2n) is 4.40. The van der Waals surface area contributed by atoms with E-state index in [9.17, 15) is 13.2 Å². The van der Waals surface area contributed by atoms with Gasteiger partial charge in [-0.1, -0.05) is 0 Å². The molecular weight excluding hydrogens is 229 g/mol. The fourth-order valence-electron chi connectivity index (χ4n) is 1.23. The Hall–Kier alpha value is -1.70. The summed E-state index contributed by atoms with van der Waals surface area (Å²) in [5.74, 6) is -3.94. The van der Waals surface area contributed by atoms with Gasteiger partial charge in [-0.2, -0.15) is 5.26 Å². The van der Waals surface area contributed by atoms with Gasteiger partial charge >= 0.3 is 0 Å². The molecule has 0 aromatic heterocycles. The number of nitrogens with one attached hydrogen (secondary N) is 1. The van der Waals surface area contributed by atoms with Crippen molar-refractivity contribution in [2.45, 2.75) is 20.3 Å². The van der Waals surface area contributed by atoms with Crippen molar-refractivity contribution < 1.29 is 13.2 Å². The average molecular weight is 242 g/mol. The molecule has 17 heavy (non-hydrogen) atoms. The maximum Gasteiger partial charge on any atom is 0.196 e. The molecule has 92 valence electrons. The van der Waals surface area contributed by atoms with Gasteiger partial charge in [-0.3, -0.25) is 0 Å². The molecule has 0 amide bonds. The molecule has 0 atom stereocenters. The highest BCUT2D eigenvalue weighted by Crippen LogP contribution is 2.22. The van der Waals surface area contributed by atoms with Crippen LogP contribution in [0.25, 0.3) is 0 Å². The van der Waals surface area contributed by atoms with Gasteiger partial charge in [0.05, 0.1) is 17.2 Å². The molecule has 1 aromatic rings. The topological polar surface area (TPSA) is 35.8 Å². The molecule has 2 nitrogen and oxygen atoms in total. The summed E-state index contributed by atoms with van der Waals surface area (Å²) in [5, 5.41) is 11.4. The van der Waals surface area contributed by atoms with Crippen molar-refractivity contribution in [1.29, 1.82) is 5.26 Å². The van der Waals surface area contributed by atoms with Crippen LogP contribution in [0.2, 0.25) is 0 Å². The Balaban J connectivity index is 2.66. The lowest BCUT2D eigenvalue weighted by atomic mass is 9.91. The average Bonchev–Trinajstić information content (AvgIpc) is 2.29. The van der Waals surface area contributed by atoms with Gasteiger partial charge in [0.25, 0.3) is 0 Å². The third-order valence-electron chi connectivity index (χ3n) is 2.40. The highest BCUT2D eigenvalue weighted by atomic mass is 19.2. The minimum Gasteiger partial charge on any atom is -0.383 e. The zero-order valence-electron chi connectivity index (χ0n) is 9.65. The van der Waals surface area contributed by atoms with Crippen LogP contribution in [0.3, 0.4) is 0 Å². The van der Waals surface area contributed by atoms with Gasteiger partial charge in [0.2, 0.25) is 0 Å². The van der Waals surface area contributed by atoms with Gasteiger partial charge in [-0.25, -0.2) is 13.2 Å². The van der Waals surface area contributed by atoms with E-state index in [0.717, 1.165) is 12.1 Å². The van der Waals surface area contributed by atoms with Crippen LogP contribution in [0.5, 0.6) is 0 Å². The Morgan fingerprint density at radius 2 is 1.88 bits per heavy atom. The highest BCUT2D eigenvalue weighted by Gasteiger charge is 2.17. The van der Waals surface area contributed by atoms with Crippen molar-refractivity contribution in [2.75, 3.05) is 11.9 Å². The Bertz CT molecular complexity index is 450. The molecule has 0 saturated heterocycles. The van der Waals surface area contributed by atoms with Crippen molar-refractivity contribution >= 4 is 5.69 Å². The molecule has 0 fully saturated rings. The number of halogens is 3. The molecule has 1 N–H and O–H groups in total. The molecule has 0 radical (unpaired) electrons. The zero-order valence-corrected chi connectivity index (χ0v) is 9.65. The molecule has 0 spiro atoms. The molecule has 1 rings (SSSR count). The number of rotatable bonds is 4. The summed E-state index contributed by atoms with van der Waals surface area (Å²) in [6.45, 7) is 3.80. The normalized spacial score (nSPS) is 11.1. The maximum absolute atomic E-state index is 13.2. The lowest BCUT2D eigenvalue weighted by Crippen LogP contribution is -2.15. The zero-order chi connectivity index (χ0) is 13.1. The first kappa shape index (κ1) is 13.4. The second-order valence-corrected chi connectivity index (χ2v) is 4.40. The Kier molecular flexibility index (Phi) is 4.00. The summed E-state index contributed by atoms with van der Waals surface area (Å²) >= 11 is 0. The largest absolute Gasteiger partial charge is 0.383 e.